The summed E-state index contributed by atoms with van der Waals surface area (Å²) in [5.41, 5.74) is 0. The van der Waals surface area contributed by atoms with Gasteiger partial charge in [-0.25, -0.2) is 4.79 Å². The van der Waals surface area contributed by atoms with Crippen molar-refractivity contribution in [1.29, 1.82) is 0 Å². The van der Waals surface area contributed by atoms with E-state index < -0.39 is 12.1 Å². The topological polar surface area (TPSA) is 46.5 Å². The van der Waals surface area contributed by atoms with Crippen molar-refractivity contribution in [3.63, 3.8) is 0 Å². The molecule has 0 spiro atoms. The molecule has 0 fully saturated rings. The minimum absolute atomic E-state index is 0.123. The molecule has 1 N–H and O–H groups in total. The summed E-state index contributed by atoms with van der Waals surface area (Å²) in [6.45, 7) is 7.38. The van der Waals surface area contributed by atoms with Gasteiger partial charge < -0.3 is 9.84 Å². The van der Waals surface area contributed by atoms with Crippen molar-refractivity contribution >= 4 is 5.97 Å². The zero-order chi connectivity index (χ0) is 10.3. The highest BCUT2D eigenvalue weighted by Crippen LogP contribution is 2.09. The van der Waals surface area contributed by atoms with Crippen molar-refractivity contribution in [2.45, 2.75) is 20.0 Å². The van der Waals surface area contributed by atoms with Crippen LogP contribution in [0.15, 0.2) is 24.8 Å². The maximum atomic E-state index is 10.7. The Labute approximate surface area is 78.7 Å². The fourth-order valence-electron chi connectivity index (χ4n) is 1.02. The highest BCUT2D eigenvalue weighted by Gasteiger charge is 2.22. The third-order valence-electron chi connectivity index (χ3n) is 1.61. The Balaban J connectivity index is 4.22. The Bertz CT molecular complexity index is 196. The second-order valence-corrected chi connectivity index (χ2v) is 2.77. The van der Waals surface area contributed by atoms with Gasteiger partial charge in [0.2, 0.25) is 0 Å². The summed E-state index contributed by atoms with van der Waals surface area (Å²) in [6.07, 6.45) is 4.38. The van der Waals surface area contributed by atoms with E-state index in [1.54, 1.807) is 6.08 Å². The van der Waals surface area contributed by atoms with Crippen LogP contribution < -0.4 is 0 Å². The molecule has 0 saturated heterocycles. The first-order chi connectivity index (χ1) is 6.13. The van der Waals surface area contributed by atoms with Crippen LogP contribution in [-0.4, -0.2) is 23.8 Å². The smallest absolute Gasteiger partial charge is 0.333 e. The third-order valence-corrected chi connectivity index (χ3v) is 1.61. The molecule has 0 aromatic carbocycles. The molecule has 0 amide bonds. The average molecular weight is 184 g/mol. The molecule has 0 rings (SSSR count). The molecule has 13 heavy (non-hydrogen) atoms. The van der Waals surface area contributed by atoms with E-state index in [0.717, 1.165) is 0 Å². The molecule has 0 unspecified atom stereocenters. The van der Waals surface area contributed by atoms with E-state index in [9.17, 15) is 4.79 Å². The standard InChI is InChI=1S/C10H16O3/c1-4-6-8(3)9(10(11)12)13-7-5-2/h4-6,8-9H,2,7H2,1,3H3,(H,11,12)/b6-4+/t8-,9+/m1/s1. The molecule has 0 aliphatic carbocycles. The van der Waals surface area contributed by atoms with Crippen LogP contribution in [0.3, 0.4) is 0 Å². The molecule has 0 heterocycles. The van der Waals surface area contributed by atoms with Crippen molar-refractivity contribution < 1.29 is 14.6 Å². The van der Waals surface area contributed by atoms with Crippen molar-refractivity contribution in [3.8, 4) is 0 Å². The molecular formula is C10H16O3. The first-order valence-electron chi connectivity index (χ1n) is 4.21. The van der Waals surface area contributed by atoms with Gasteiger partial charge in [0.15, 0.2) is 6.10 Å². The lowest BCUT2D eigenvalue weighted by atomic mass is 10.0. The normalized spacial score (nSPS) is 15.5. The van der Waals surface area contributed by atoms with E-state index in [-0.39, 0.29) is 12.5 Å². The van der Waals surface area contributed by atoms with Crippen LogP contribution in [-0.2, 0) is 9.53 Å². The Morgan fingerprint density at radius 2 is 2.31 bits per heavy atom. The van der Waals surface area contributed by atoms with Crippen LogP contribution in [0, 0.1) is 5.92 Å². The number of ether oxygens (including phenoxy) is 1. The predicted molar refractivity (Wildman–Crippen MR) is 51.6 cm³/mol. The van der Waals surface area contributed by atoms with E-state index in [0.29, 0.717) is 0 Å². The van der Waals surface area contributed by atoms with Crippen molar-refractivity contribution in [3.05, 3.63) is 24.8 Å². The lowest BCUT2D eigenvalue weighted by Crippen LogP contribution is -2.30. The van der Waals surface area contributed by atoms with Crippen molar-refractivity contribution in [2.24, 2.45) is 5.92 Å². The summed E-state index contributed by atoms with van der Waals surface area (Å²) in [7, 11) is 0. The average Bonchev–Trinajstić information content (AvgIpc) is 2.05. The van der Waals surface area contributed by atoms with Crippen LogP contribution in [0.4, 0.5) is 0 Å². The van der Waals surface area contributed by atoms with E-state index >= 15 is 0 Å². The molecule has 3 heteroatoms. The number of carboxylic acids is 1. The quantitative estimate of drug-likeness (QED) is 0.641. The first-order valence-corrected chi connectivity index (χ1v) is 4.21. The molecular weight excluding hydrogens is 168 g/mol. The molecule has 2 atom stereocenters. The van der Waals surface area contributed by atoms with Gasteiger partial charge in [0.1, 0.15) is 0 Å². The van der Waals surface area contributed by atoms with Crippen molar-refractivity contribution in [2.75, 3.05) is 6.61 Å². The molecule has 0 aromatic rings. The lowest BCUT2D eigenvalue weighted by Gasteiger charge is -2.16. The van der Waals surface area contributed by atoms with Gasteiger partial charge in [-0.1, -0.05) is 25.2 Å². The molecule has 74 valence electrons. The van der Waals surface area contributed by atoms with Gasteiger partial charge in [-0.05, 0) is 6.92 Å². The zero-order valence-electron chi connectivity index (χ0n) is 8.06. The van der Waals surface area contributed by atoms with Crippen molar-refractivity contribution in [1.82, 2.24) is 0 Å². The molecule has 0 aliphatic heterocycles. The summed E-state index contributed by atoms with van der Waals surface area (Å²) >= 11 is 0. The fraction of sp³-hybridized carbons (Fsp3) is 0.500. The molecule has 0 saturated carbocycles. The number of hydrogen-bond donors (Lipinski definition) is 1. The van der Waals surface area contributed by atoms with Crippen LogP contribution in [0.25, 0.3) is 0 Å². The summed E-state index contributed by atoms with van der Waals surface area (Å²) < 4.78 is 5.10. The number of rotatable bonds is 6. The maximum absolute atomic E-state index is 10.7. The molecule has 0 radical (unpaired) electrons. The monoisotopic (exact) mass is 184 g/mol. The van der Waals surface area contributed by atoms with E-state index in [1.165, 1.54) is 0 Å². The number of carbonyl (C=O) groups is 1. The van der Waals surface area contributed by atoms with E-state index in [4.69, 9.17) is 9.84 Å². The van der Waals surface area contributed by atoms with Crippen LogP contribution >= 0.6 is 0 Å². The summed E-state index contributed by atoms with van der Waals surface area (Å²) in [5.74, 6) is -1.06. The largest absolute Gasteiger partial charge is 0.479 e. The third kappa shape index (κ3) is 4.48. The van der Waals surface area contributed by atoms with E-state index in [1.807, 2.05) is 26.0 Å². The predicted octanol–water partition coefficient (Wildman–Crippen LogP) is 1.85. The highest BCUT2D eigenvalue weighted by molar-refractivity contribution is 5.73. The van der Waals surface area contributed by atoms with Gasteiger partial charge in [-0.3, -0.25) is 0 Å². The van der Waals surface area contributed by atoms with Gasteiger partial charge in [0.05, 0.1) is 6.61 Å². The number of allylic oxidation sites excluding steroid dienone is 1. The summed E-state index contributed by atoms with van der Waals surface area (Å²) in [6, 6.07) is 0. The number of hydrogen-bond acceptors (Lipinski definition) is 2. The molecule has 3 nitrogen and oxygen atoms in total. The highest BCUT2D eigenvalue weighted by atomic mass is 16.5. The SMILES string of the molecule is C=CCO[C@H](C(=O)O)[C@H](C)/C=C/C. The van der Waals surface area contributed by atoms with Gasteiger partial charge in [0, 0.05) is 5.92 Å². The number of carboxylic acid groups (broad SMARTS) is 1. The van der Waals surface area contributed by atoms with Crippen LogP contribution in [0.1, 0.15) is 13.8 Å². The number of aliphatic carboxylic acids is 1. The summed E-state index contributed by atoms with van der Waals surface area (Å²) in [4.78, 5) is 10.7. The minimum atomic E-state index is -0.938. The van der Waals surface area contributed by atoms with Gasteiger partial charge in [-0.15, -0.1) is 6.58 Å². The fourth-order valence-corrected chi connectivity index (χ4v) is 1.02. The second kappa shape index (κ2) is 6.43. The molecule has 0 bridgehead atoms. The lowest BCUT2D eigenvalue weighted by molar-refractivity contribution is -0.151. The van der Waals surface area contributed by atoms with E-state index in [2.05, 4.69) is 6.58 Å². The second-order valence-electron chi connectivity index (χ2n) is 2.77. The minimum Gasteiger partial charge on any atom is -0.479 e. The van der Waals surface area contributed by atoms with Gasteiger partial charge >= 0.3 is 5.97 Å². The van der Waals surface area contributed by atoms with Crippen LogP contribution in [0.2, 0.25) is 0 Å². The zero-order valence-corrected chi connectivity index (χ0v) is 8.06. The Hall–Kier alpha value is -1.09. The molecule has 0 aliphatic rings. The first kappa shape index (κ1) is 11.9. The Morgan fingerprint density at radius 1 is 1.69 bits per heavy atom. The Morgan fingerprint density at radius 3 is 2.69 bits per heavy atom. The Kier molecular flexibility index (Phi) is 5.89. The molecule has 0 aromatic heterocycles. The van der Waals surface area contributed by atoms with Crippen LogP contribution in [0.5, 0.6) is 0 Å². The van der Waals surface area contributed by atoms with Gasteiger partial charge in [0.25, 0.3) is 0 Å². The summed E-state index contributed by atoms with van der Waals surface area (Å²) in [5, 5.41) is 8.80. The maximum Gasteiger partial charge on any atom is 0.333 e. The van der Waals surface area contributed by atoms with Gasteiger partial charge in [-0.2, -0.15) is 0 Å².